The van der Waals surface area contributed by atoms with Gasteiger partial charge in [-0.25, -0.2) is 0 Å². The molecule has 0 saturated heterocycles. The minimum Gasteiger partial charge on any atom is -0.366 e. The average Bonchev–Trinajstić information content (AvgIpc) is 2.47. The summed E-state index contributed by atoms with van der Waals surface area (Å²) in [7, 11) is 0. The fourth-order valence-corrected chi connectivity index (χ4v) is 1.69. The minimum absolute atomic E-state index is 0.0951. The van der Waals surface area contributed by atoms with E-state index in [2.05, 4.69) is 5.32 Å². The number of non-ortho nitro benzene ring substituents is 1. The molecule has 7 nitrogen and oxygen atoms in total. The number of rotatable bonds is 4. The second-order valence-corrected chi connectivity index (χ2v) is 4.20. The number of nitrogens with zero attached hydrogens (tertiary/aromatic N) is 1. The number of anilines is 1. The zero-order valence-electron chi connectivity index (χ0n) is 10.8. The van der Waals surface area contributed by atoms with Crippen molar-refractivity contribution in [3.8, 4) is 0 Å². The monoisotopic (exact) mass is 285 g/mol. The van der Waals surface area contributed by atoms with Gasteiger partial charge in [-0.15, -0.1) is 0 Å². The first-order chi connectivity index (χ1) is 9.97. The Labute approximate surface area is 119 Å². The zero-order valence-corrected chi connectivity index (χ0v) is 10.8. The molecule has 0 radical (unpaired) electrons. The van der Waals surface area contributed by atoms with Crippen LogP contribution in [0.15, 0.2) is 48.5 Å². The first-order valence-electron chi connectivity index (χ1n) is 5.93. The van der Waals surface area contributed by atoms with E-state index < -0.39 is 16.7 Å². The van der Waals surface area contributed by atoms with Crippen molar-refractivity contribution in [1.82, 2.24) is 0 Å². The van der Waals surface area contributed by atoms with E-state index in [1.165, 1.54) is 36.4 Å². The Morgan fingerprint density at radius 3 is 2.29 bits per heavy atom. The van der Waals surface area contributed by atoms with Gasteiger partial charge in [0.05, 0.1) is 4.92 Å². The Bertz CT molecular complexity index is 710. The molecule has 0 aliphatic heterocycles. The van der Waals surface area contributed by atoms with E-state index in [0.717, 1.165) is 0 Å². The SMILES string of the molecule is NC(=O)c1cccc(NC(=O)c2ccc([N+](=O)[O-])cc2)c1. The van der Waals surface area contributed by atoms with Crippen molar-refractivity contribution < 1.29 is 14.5 Å². The van der Waals surface area contributed by atoms with Crippen LogP contribution in [-0.4, -0.2) is 16.7 Å². The molecule has 0 spiro atoms. The lowest BCUT2D eigenvalue weighted by molar-refractivity contribution is -0.384. The van der Waals surface area contributed by atoms with Crippen molar-refractivity contribution in [2.45, 2.75) is 0 Å². The van der Waals surface area contributed by atoms with Gasteiger partial charge in [-0.3, -0.25) is 19.7 Å². The predicted molar refractivity (Wildman–Crippen MR) is 76.0 cm³/mol. The number of nitro groups is 1. The van der Waals surface area contributed by atoms with Crippen molar-refractivity contribution in [3.05, 3.63) is 69.8 Å². The maximum atomic E-state index is 12.0. The maximum Gasteiger partial charge on any atom is 0.269 e. The Kier molecular flexibility index (Phi) is 3.94. The van der Waals surface area contributed by atoms with Gasteiger partial charge < -0.3 is 11.1 Å². The molecule has 7 heteroatoms. The molecule has 106 valence electrons. The van der Waals surface area contributed by atoms with Crippen molar-refractivity contribution in [2.24, 2.45) is 5.73 Å². The molecule has 21 heavy (non-hydrogen) atoms. The highest BCUT2D eigenvalue weighted by Crippen LogP contribution is 2.15. The minimum atomic E-state index is -0.596. The van der Waals surface area contributed by atoms with Crippen LogP contribution in [0.3, 0.4) is 0 Å². The highest BCUT2D eigenvalue weighted by Gasteiger charge is 2.10. The number of benzene rings is 2. The first-order valence-corrected chi connectivity index (χ1v) is 5.93. The van der Waals surface area contributed by atoms with Crippen molar-refractivity contribution >= 4 is 23.2 Å². The Morgan fingerprint density at radius 1 is 1.05 bits per heavy atom. The third-order valence-electron chi connectivity index (χ3n) is 2.75. The van der Waals surface area contributed by atoms with E-state index in [0.29, 0.717) is 5.69 Å². The Balaban J connectivity index is 2.16. The molecular formula is C14H11N3O4. The number of nitrogens with one attached hydrogen (secondary N) is 1. The highest BCUT2D eigenvalue weighted by atomic mass is 16.6. The fraction of sp³-hybridized carbons (Fsp3) is 0. The molecular weight excluding hydrogens is 274 g/mol. The van der Waals surface area contributed by atoms with E-state index >= 15 is 0 Å². The fourth-order valence-electron chi connectivity index (χ4n) is 1.69. The lowest BCUT2D eigenvalue weighted by Gasteiger charge is -2.06. The lowest BCUT2D eigenvalue weighted by atomic mass is 10.1. The van der Waals surface area contributed by atoms with Crippen LogP contribution in [0, 0.1) is 10.1 Å². The summed E-state index contributed by atoms with van der Waals surface area (Å²) in [6, 6.07) is 11.4. The number of carbonyl (C=O) groups excluding carboxylic acids is 2. The van der Waals surface area contributed by atoms with Gasteiger partial charge in [0.1, 0.15) is 0 Å². The van der Waals surface area contributed by atoms with E-state index in [-0.39, 0.29) is 16.8 Å². The van der Waals surface area contributed by atoms with Crippen LogP contribution >= 0.6 is 0 Å². The van der Waals surface area contributed by atoms with Crippen LogP contribution < -0.4 is 11.1 Å². The van der Waals surface area contributed by atoms with Gasteiger partial charge in [-0.2, -0.15) is 0 Å². The van der Waals surface area contributed by atoms with Crippen LogP contribution in [0.1, 0.15) is 20.7 Å². The molecule has 2 aromatic rings. The predicted octanol–water partition coefficient (Wildman–Crippen LogP) is 1.95. The number of nitrogens with two attached hydrogens (primary N) is 1. The summed E-state index contributed by atoms with van der Waals surface area (Å²) in [5.74, 6) is -1.03. The number of amides is 2. The van der Waals surface area contributed by atoms with Crippen molar-refractivity contribution in [1.29, 1.82) is 0 Å². The molecule has 0 atom stereocenters. The number of primary amides is 1. The lowest BCUT2D eigenvalue weighted by Crippen LogP contribution is -2.14. The number of hydrogen-bond donors (Lipinski definition) is 2. The number of nitro benzene ring substituents is 1. The molecule has 0 bridgehead atoms. The average molecular weight is 285 g/mol. The van der Waals surface area contributed by atoms with E-state index in [9.17, 15) is 19.7 Å². The van der Waals surface area contributed by atoms with Crippen LogP contribution in [0.5, 0.6) is 0 Å². The summed E-state index contributed by atoms with van der Waals surface area (Å²) in [4.78, 5) is 33.0. The van der Waals surface area contributed by atoms with Gasteiger partial charge in [0.2, 0.25) is 5.91 Å². The standard InChI is InChI=1S/C14H11N3O4/c15-13(18)10-2-1-3-11(8-10)16-14(19)9-4-6-12(7-5-9)17(20)21/h1-8H,(H2,15,18)(H,16,19). The molecule has 0 aliphatic rings. The summed E-state index contributed by atoms with van der Waals surface area (Å²) >= 11 is 0. The largest absolute Gasteiger partial charge is 0.366 e. The summed E-state index contributed by atoms with van der Waals surface area (Å²) in [5, 5.41) is 13.1. The highest BCUT2D eigenvalue weighted by molar-refractivity contribution is 6.05. The smallest absolute Gasteiger partial charge is 0.269 e. The summed E-state index contributed by atoms with van der Waals surface area (Å²) in [6.45, 7) is 0. The summed E-state index contributed by atoms with van der Waals surface area (Å²) < 4.78 is 0. The summed E-state index contributed by atoms with van der Waals surface area (Å²) in [5.41, 5.74) is 6.01. The molecule has 2 rings (SSSR count). The molecule has 0 saturated carbocycles. The quantitative estimate of drug-likeness (QED) is 0.659. The Morgan fingerprint density at radius 2 is 1.71 bits per heavy atom. The molecule has 2 aromatic carbocycles. The molecule has 2 amide bonds. The van der Waals surface area contributed by atoms with Crippen molar-refractivity contribution in [3.63, 3.8) is 0 Å². The van der Waals surface area contributed by atoms with Crippen molar-refractivity contribution in [2.75, 3.05) is 5.32 Å². The van der Waals surface area contributed by atoms with Gasteiger partial charge in [-0.05, 0) is 30.3 Å². The topological polar surface area (TPSA) is 115 Å². The third kappa shape index (κ3) is 3.41. The number of carbonyl (C=O) groups is 2. The van der Waals surface area contributed by atoms with Crippen LogP contribution in [0.2, 0.25) is 0 Å². The normalized spacial score (nSPS) is 9.90. The van der Waals surface area contributed by atoms with Gasteiger partial charge in [0, 0.05) is 28.9 Å². The second-order valence-electron chi connectivity index (χ2n) is 4.20. The van der Waals surface area contributed by atoms with Crippen LogP contribution in [0.25, 0.3) is 0 Å². The van der Waals surface area contributed by atoms with E-state index in [1.54, 1.807) is 12.1 Å². The van der Waals surface area contributed by atoms with E-state index in [4.69, 9.17) is 5.73 Å². The number of hydrogen-bond acceptors (Lipinski definition) is 4. The van der Waals surface area contributed by atoms with Gasteiger partial charge in [-0.1, -0.05) is 6.07 Å². The molecule has 0 heterocycles. The van der Waals surface area contributed by atoms with Gasteiger partial charge in [0.25, 0.3) is 11.6 Å². The summed E-state index contributed by atoms with van der Waals surface area (Å²) in [6.07, 6.45) is 0. The van der Waals surface area contributed by atoms with Gasteiger partial charge in [0.15, 0.2) is 0 Å². The van der Waals surface area contributed by atoms with Gasteiger partial charge >= 0.3 is 0 Å². The van der Waals surface area contributed by atoms with E-state index in [1.807, 2.05) is 0 Å². The molecule has 0 fully saturated rings. The zero-order chi connectivity index (χ0) is 15.4. The molecule has 0 aromatic heterocycles. The molecule has 0 unspecified atom stereocenters. The second kappa shape index (κ2) is 5.83. The van der Waals surface area contributed by atoms with Crippen LogP contribution in [0.4, 0.5) is 11.4 Å². The maximum absolute atomic E-state index is 12.0. The third-order valence-corrected chi connectivity index (χ3v) is 2.75. The Hall–Kier alpha value is -3.22. The van der Waals surface area contributed by atoms with Crippen LogP contribution in [-0.2, 0) is 0 Å². The molecule has 0 aliphatic carbocycles. The molecule has 3 N–H and O–H groups in total. The first kappa shape index (κ1) is 14.2.